The van der Waals surface area contributed by atoms with Gasteiger partial charge in [-0.2, -0.15) is 10.2 Å². The van der Waals surface area contributed by atoms with Gasteiger partial charge < -0.3 is 5.32 Å². The number of nitrogens with zero attached hydrogens (tertiary/aromatic N) is 4. The topological polar surface area (TPSA) is 53.4 Å². The Morgan fingerprint density at radius 2 is 1.93 bits per heavy atom. The lowest BCUT2D eigenvalue weighted by Crippen LogP contribution is -2.22. The van der Waals surface area contributed by atoms with Crippen molar-refractivity contribution in [2.24, 2.45) is 11.0 Å². The molecule has 0 saturated heterocycles. The Hall–Kier alpha value is -3.02. The van der Waals surface area contributed by atoms with Crippen molar-refractivity contribution in [2.45, 2.75) is 46.2 Å². The number of aromatic nitrogens is 2. The quantitative estimate of drug-likeness (QED) is 0.377. The van der Waals surface area contributed by atoms with E-state index in [0.717, 1.165) is 17.0 Å². The van der Waals surface area contributed by atoms with Gasteiger partial charge in [0.1, 0.15) is 6.17 Å². The van der Waals surface area contributed by atoms with Gasteiger partial charge in [0.25, 0.3) is 0 Å². The van der Waals surface area contributed by atoms with Crippen molar-refractivity contribution in [2.75, 3.05) is 11.9 Å². The average Bonchev–Trinajstić information content (AvgIpc) is 2.73. The molecule has 1 aromatic heterocycles. The van der Waals surface area contributed by atoms with Crippen LogP contribution >= 0.6 is 0 Å². The molecule has 1 N–H and O–H groups in total. The summed E-state index contributed by atoms with van der Waals surface area (Å²) in [7, 11) is 0. The Morgan fingerprint density at radius 1 is 1.20 bits per heavy atom. The zero-order valence-electron chi connectivity index (χ0n) is 18.2. The van der Waals surface area contributed by atoms with E-state index in [9.17, 15) is 4.39 Å². The molecule has 1 aromatic carbocycles. The molecule has 160 valence electrons. The molecule has 0 amide bonds. The van der Waals surface area contributed by atoms with Crippen LogP contribution in [0.15, 0.2) is 71.6 Å². The van der Waals surface area contributed by atoms with Gasteiger partial charge in [-0.05, 0) is 43.4 Å². The number of rotatable bonds is 12. The Bertz CT molecular complexity index is 830. The molecule has 0 spiro atoms. The molecule has 0 aliphatic carbocycles. The minimum Gasteiger partial charge on any atom is -0.343 e. The van der Waals surface area contributed by atoms with E-state index in [4.69, 9.17) is 0 Å². The molecule has 0 fully saturated rings. The summed E-state index contributed by atoms with van der Waals surface area (Å²) in [5, 5.41) is 17.0. The predicted molar refractivity (Wildman–Crippen MR) is 123 cm³/mol. The van der Waals surface area contributed by atoms with Gasteiger partial charge in [-0.1, -0.05) is 56.3 Å². The summed E-state index contributed by atoms with van der Waals surface area (Å²) < 4.78 is 14.4. The molecule has 0 aliphatic rings. The van der Waals surface area contributed by atoms with E-state index in [1.54, 1.807) is 5.01 Å². The molecule has 0 saturated carbocycles. The van der Waals surface area contributed by atoms with E-state index in [2.05, 4.69) is 59.9 Å². The number of anilines is 1. The van der Waals surface area contributed by atoms with E-state index < -0.39 is 6.17 Å². The van der Waals surface area contributed by atoms with Gasteiger partial charge in [0, 0.05) is 25.0 Å². The van der Waals surface area contributed by atoms with Crippen LogP contribution in [-0.2, 0) is 12.8 Å². The second-order valence-electron chi connectivity index (χ2n) is 7.73. The molecule has 1 unspecified atom stereocenters. The summed E-state index contributed by atoms with van der Waals surface area (Å²) >= 11 is 0. The zero-order chi connectivity index (χ0) is 21.9. The maximum absolute atomic E-state index is 14.4. The maximum atomic E-state index is 14.4. The van der Waals surface area contributed by atoms with Crippen LogP contribution in [0.3, 0.4) is 0 Å². The third-order valence-corrected chi connectivity index (χ3v) is 4.83. The molecule has 5 nitrogen and oxygen atoms in total. The van der Waals surface area contributed by atoms with Crippen LogP contribution in [0, 0.1) is 5.92 Å². The van der Waals surface area contributed by atoms with E-state index >= 15 is 0 Å². The summed E-state index contributed by atoms with van der Waals surface area (Å²) in [6.45, 7) is 13.9. The van der Waals surface area contributed by atoms with Crippen molar-refractivity contribution >= 4 is 12.5 Å². The van der Waals surface area contributed by atoms with E-state index in [-0.39, 0.29) is 6.54 Å². The fourth-order valence-electron chi connectivity index (χ4n) is 2.76. The van der Waals surface area contributed by atoms with Crippen LogP contribution in [-0.4, -0.2) is 34.6 Å². The summed E-state index contributed by atoms with van der Waals surface area (Å²) in [4.78, 5) is 0. The van der Waals surface area contributed by atoms with Gasteiger partial charge >= 0.3 is 0 Å². The van der Waals surface area contributed by atoms with Crippen molar-refractivity contribution in [3.63, 3.8) is 0 Å². The van der Waals surface area contributed by atoms with Gasteiger partial charge in [-0.3, -0.25) is 5.01 Å². The number of aryl methyl sites for hydroxylation is 1. The molecule has 0 bridgehead atoms. The summed E-state index contributed by atoms with van der Waals surface area (Å²) in [6, 6.07) is 13.8. The standard InChI is InChI=1S/C24H32FN5/c1-18(2)19(3)16-30(26-5)17-22(25)11-12-23-13-14-24(29-28-23)27-20(4)15-21-9-7-6-8-10-21/h6-10,13-14,16,18,22H,4-5,11-12,15,17H2,1-3H3,(H,27,29)/b19-16-. The fourth-order valence-corrected chi connectivity index (χ4v) is 2.76. The third-order valence-electron chi connectivity index (χ3n) is 4.83. The number of nitrogens with one attached hydrogen (secondary N) is 1. The van der Waals surface area contributed by atoms with Crippen LogP contribution in [0.25, 0.3) is 0 Å². The Kier molecular flexibility index (Phi) is 9.19. The van der Waals surface area contributed by atoms with Crippen LogP contribution in [0.5, 0.6) is 0 Å². The lowest BCUT2D eigenvalue weighted by atomic mass is 10.1. The highest BCUT2D eigenvalue weighted by Gasteiger charge is 2.12. The third kappa shape index (κ3) is 8.15. The zero-order valence-corrected chi connectivity index (χ0v) is 18.2. The summed E-state index contributed by atoms with van der Waals surface area (Å²) in [6.07, 6.45) is 2.40. The van der Waals surface area contributed by atoms with Crippen LogP contribution in [0.4, 0.5) is 10.2 Å². The van der Waals surface area contributed by atoms with Crippen molar-refractivity contribution in [3.8, 4) is 0 Å². The van der Waals surface area contributed by atoms with Crippen molar-refractivity contribution in [3.05, 3.63) is 77.8 Å². The monoisotopic (exact) mass is 409 g/mol. The largest absolute Gasteiger partial charge is 0.343 e. The molecule has 0 aliphatic heterocycles. The molecular formula is C24H32FN5. The Labute approximate surface area is 179 Å². The average molecular weight is 410 g/mol. The van der Waals surface area contributed by atoms with Crippen LogP contribution in [0.2, 0.25) is 0 Å². The minimum atomic E-state index is -1.03. The van der Waals surface area contributed by atoms with Crippen molar-refractivity contribution in [1.29, 1.82) is 0 Å². The van der Waals surface area contributed by atoms with Crippen LogP contribution in [0.1, 0.15) is 38.4 Å². The Morgan fingerprint density at radius 3 is 2.53 bits per heavy atom. The van der Waals surface area contributed by atoms with Gasteiger partial charge in [-0.15, -0.1) is 5.10 Å². The van der Waals surface area contributed by atoms with Gasteiger partial charge in [0.15, 0.2) is 5.82 Å². The van der Waals surface area contributed by atoms with Crippen LogP contribution < -0.4 is 5.32 Å². The first-order valence-corrected chi connectivity index (χ1v) is 10.2. The number of hydrogen-bond donors (Lipinski definition) is 1. The Balaban J connectivity index is 1.80. The second kappa shape index (κ2) is 11.9. The normalized spacial score (nSPS) is 12.5. The molecule has 6 heteroatoms. The highest BCUT2D eigenvalue weighted by Crippen LogP contribution is 2.14. The number of benzene rings is 1. The lowest BCUT2D eigenvalue weighted by Gasteiger charge is -2.19. The molecule has 0 radical (unpaired) electrons. The van der Waals surface area contributed by atoms with Gasteiger partial charge in [-0.25, -0.2) is 4.39 Å². The summed E-state index contributed by atoms with van der Waals surface area (Å²) in [5.41, 5.74) is 3.91. The molecule has 2 aromatic rings. The second-order valence-corrected chi connectivity index (χ2v) is 7.73. The highest BCUT2D eigenvalue weighted by molar-refractivity contribution is 5.41. The lowest BCUT2D eigenvalue weighted by molar-refractivity contribution is 0.232. The first-order chi connectivity index (χ1) is 14.4. The smallest absolute Gasteiger partial charge is 0.152 e. The van der Waals surface area contributed by atoms with Crippen molar-refractivity contribution < 1.29 is 4.39 Å². The summed E-state index contributed by atoms with van der Waals surface area (Å²) in [5.74, 6) is 1.02. The molecule has 1 atom stereocenters. The van der Waals surface area contributed by atoms with Gasteiger partial charge in [0.2, 0.25) is 0 Å². The SMILES string of the molecule is C=NN(/C=C(/C)C(C)C)CC(F)CCc1ccc(NC(=C)Cc2ccccc2)nn1. The van der Waals surface area contributed by atoms with E-state index in [1.165, 1.54) is 5.56 Å². The molecule has 2 rings (SSSR count). The first-order valence-electron chi connectivity index (χ1n) is 10.2. The van der Waals surface area contributed by atoms with Crippen molar-refractivity contribution in [1.82, 2.24) is 15.2 Å². The minimum absolute atomic E-state index is 0.180. The van der Waals surface area contributed by atoms with E-state index in [0.29, 0.717) is 31.0 Å². The maximum Gasteiger partial charge on any atom is 0.152 e. The first kappa shape index (κ1) is 23.3. The number of halogens is 1. The predicted octanol–water partition coefficient (Wildman–Crippen LogP) is 5.39. The fraction of sp³-hybridized carbons (Fsp3) is 0.375. The van der Waals surface area contributed by atoms with E-state index in [1.807, 2.05) is 43.5 Å². The molecular weight excluding hydrogens is 377 g/mol. The molecule has 30 heavy (non-hydrogen) atoms. The number of alkyl halides is 1. The number of hydrogen-bond acceptors (Lipinski definition) is 5. The highest BCUT2D eigenvalue weighted by atomic mass is 19.1. The number of allylic oxidation sites excluding steroid dienone is 2. The molecule has 1 heterocycles. The number of hydrazone groups is 1. The van der Waals surface area contributed by atoms with Gasteiger partial charge in [0.05, 0.1) is 12.2 Å².